The standard InChI is InChI=1S/C14H23ClN2S/c1-11(12-6-9-17(2)10-7-12)16-8-5-13-3-4-14(15)18-13/h3-4,11-12,16H,5-10H2,1-2H3. The third kappa shape index (κ3) is 4.23. The zero-order chi connectivity index (χ0) is 13.0. The van der Waals surface area contributed by atoms with Gasteiger partial charge in [-0.2, -0.15) is 0 Å². The molecule has 1 unspecified atom stereocenters. The van der Waals surface area contributed by atoms with Crippen molar-refractivity contribution < 1.29 is 0 Å². The molecule has 102 valence electrons. The zero-order valence-electron chi connectivity index (χ0n) is 11.3. The van der Waals surface area contributed by atoms with Crippen LogP contribution in [0.2, 0.25) is 4.34 Å². The highest BCUT2D eigenvalue weighted by atomic mass is 35.5. The van der Waals surface area contributed by atoms with Gasteiger partial charge in [0.1, 0.15) is 0 Å². The van der Waals surface area contributed by atoms with E-state index in [1.54, 1.807) is 11.3 Å². The number of likely N-dealkylation sites (tertiary alicyclic amines) is 1. The molecule has 4 heteroatoms. The van der Waals surface area contributed by atoms with E-state index in [2.05, 4.69) is 30.3 Å². The molecule has 1 aliphatic rings. The Bertz CT molecular complexity index is 358. The van der Waals surface area contributed by atoms with Gasteiger partial charge in [0, 0.05) is 17.5 Å². The second kappa shape index (κ2) is 6.90. The van der Waals surface area contributed by atoms with Crippen molar-refractivity contribution >= 4 is 22.9 Å². The summed E-state index contributed by atoms with van der Waals surface area (Å²) >= 11 is 7.62. The Morgan fingerprint density at radius 3 is 2.78 bits per heavy atom. The first-order valence-electron chi connectivity index (χ1n) is 6.81. The number of halogens is 1. The summed E-state index contributed by atoms with van der Waals surface area (Å²) in [6.45, 7) is 5.89. The van der Waals surface area contributed by atoms with Crippen LogP contribution in [0.5, 0.6) is 0 Å². The molecule has 0 aromatic carbocycles. The van der Waals surface area contributed by atoms with Gasteiger partial charge in [0.15, 0.2) is 0 Å². The molecule has 0 amide bonds. The predicted molar refractivity (Wildman–Crippen MR) is 80.7 cm³/mol. The summed E-state index contributed by atoms with van der Waals surface area (Å²) in [6.07, 6.45) is 3.75. The smallest absolute Gasteiger partial charge is 0.0931 e. The fraction of sp³-hybridized carbons (Fsp3) is 0.714. The average Bonchev–Trinajstić information content (AvgIpc) is 2.76. The second-order valence-corrected chi connectivity index (χ2v) is 7.14. The minimum absolute atomic E-state index is 0.633. The van der Waals surface area contributed by atoms with E-state index in [4.69, 9.17) is 11.6 Å². The van der Waals surface area contributed by atoms with E-state index in [0.717, 1.165) is 23.2 Å². The molecular weight excluding hydrogens is 264 g/mol. The van der Waals surface area contributed by atoms with Crippen molar-refractivity contribution in [2.75, 3.05) is 26.7 Å². The molecule has 2 rings (SSSR count). The van der Waals surface area contributed by atoms with Gasteiger partial charge >= 0.3 is 0 Å². The Morgan fingerprint density at radius 1 is 1.44 bits per heavy atom. The molecule has 0 radical (unpaired) electrons. The number of hydrogen-bond donors (Lipinski definition) is 1. The third-order valence-corrected chi connectivity index (χ3v) is 5.23. The third-order valence-electron chi connectivity index (χ3n) is 3.94. The Hall–Kier alpha value is -0.0900. The fourth-order valence-corrected chi connectivity index (χ4v) is 3.69. The molecule has 1 saturated heterocycles. The predicted octanol–water partition coefficient (Wildman–Crippen LogP) is 3.26. The van der Waals surface area contributed by atoms with Crippen molar-refractivity contribution in [3.05, 3.63) is 21.3 Å². The van der Waals surface area contributed by atoms with Crippen LogP contribution in [-0.2, 0) is 6.42 Å². The number of rotatable bonds is 5. The monoisotopic (exact) mass is 286 g/mol. The first-order valence-corrected chi connectivity index (χ1v) is 8.01. The molecule has 1 atom stereocenters. The molecule has 1 aromatic heterocycles. The van der Waals surface area contributed by atoms with E-state index in [9.17, 15) is 0 Å². The first-order chi connectivity index (χ1) is 8.65. The van der Waals surface area contributed by atoms with Crippen molar-refractivity contribution in [3.63, 3.8) is 0 Å². The van der Waals surface area contributed by atoms with E-state index in [0.29, 0.717) is 6.04 Å². The molecule has 2 nitrogen and oxygen atoms in total. The molecule has 0 bridgehead atoms. The van der Waals surface area contributed by atoms with Gasteiger partial charge in [-0.3, -0.25) is 0 Å². The summed E-state index contributed by atoms with van der Waals surface area (Å²) in [7, 11) is 2.22. The van der Waals surface area contributed by atoms with Crippen LogP contribution in [0.25, 0.3) is 0 Å². The highest BCUT2D eigenvalue weighted by Crippen LogP contribution is 2.22. The Kier molecular flexibility index (Phi) is 5.49. The van der Waals surface area contributed by atoms with Crippen LogP contribution in [0.3, 0.4) is 0 Å². The molecular formula is C14H23ClN2S. The van der Waals surface area contributed by atoms with E-state index in [1.807, 2.05) is 6.07 Å². The number of thiophene rings is 1. The number of hydrogen-bond acceptors (Lipinski definition) is 3. The van der Waals surface area contributed by atoms with Crippen molar-refractivity contribution in [1.29, 1.82) is 0 Å². The topological polar surface area (TPSA) is 15.3 Å². The molecule has 1 N–H and O–H groups in total. The summed E-state index contributed by atoms with van der Waals surface area (Å²) in [5.74, 6) is 0.841. The van der Waals surface area contributed by atoms with Gasteiger partial charge < -0.3 is 10.2 Å². The second-order valence-electron chi connectivity index (χ2n) is 5.34. The van der Waals surface area contributed by atoms with E-state index in [-0.39, 0.29) is 0 Å². The normalized spacial score (nSPS) is 20.2. The lowest BCUT2D eigenvalue weighted by atomic mass is 9.90. The van der Waals surface area contributed by atoms with E-state index in [1.165, 1.54) is 30.8 Å². The largest absolute Gasteiger partial charge is 0.314 e. The van der Waals surface area contributed by atoms with Crippen LogP contribution in [-0.4, -0.2) is 37.6 Å². The van der Waals surface area contributed by atoms with Crippen LogP contribution >= 0.6 is 22.9 Å². The van der Waals surface area contributed by atoms with Crippen LogP contribution in [0, 0.1) is 5.92 Å². The van der Waals surface area contributed by atoms with Gasteiger partial charge in [0.05, 0.1) is 4.34 Å². The minimum atomic E-state index is 0.633. The Labute approximate surface area is 119 Å². The van der Waals surface area contributed by atoms with Gasteiger partial charge in [-0.1, -0.05) is 11.6 Å². The summed E-state index contributed by atoms with van der Waals surface area (Å²) in [6, 6.07) is 4.76. The first kappa shape index (κ1) is 14.3. The molecule has 0 spiro atoms. The summed E-state index contributed by atoms with van der Waals surface area (Å²) in [5, 5.41) is 3.67. The molecule has 0 aliphatic carbocycles. The van der Waals surface area contributed by atoms with Crippen molar-refractivity contribution in [2.45, 2.75) is 32.2 Å². The highest BCUT2D eigenvalue weighted by molar-refractivity contribution is 7.16. The molecule has 18 heavy (non-hydrogen) atoms. The lowest BCUT2D eigenvalue weighted by molar-refractivity contribution is 0.190. The summed E-state index contributed by atoms with van der Waals surface area (Å²) in [5.41, 5.74) is 0. The molecule has 1 fully saturated rings. The van der Waals surface area contributed by atoms with Crippen LogP contribution < -0.4 is 5.32 Å². The van der Waals surface area contributed by atoms with Crippen LogP contribution in [0.15, 0.2) is 12.1 Å². The number of nitrogens with one attached hydrogen (secondary N) is 1. The van der Waals surface area contributed by atoms with Crippen molar-refractivity contribution in [1.82, 2.24) is 10.2 Å². The van der Waals surface area contributed by atoms with Crippen LogP contribution in [0.4, 0.5) is 0 Å². The zero-order valence-corrected chi connectivity index (χ0v) is 12.9. The van der Waals surface area contributed by atoms with Gasteiger partial charge in [-0.05, 0) is 64.4 Å². The maximum atomic E-state index is 5.93. The van der Waals surface area contributed by atoms with Crippen molar-refractivity contribution in [3.8, 4) is 0 Å². The van der Waals surface area contributed by atoms with Gasteiger partial charge in [-0.15, -0.1) is 11.3 Å². The summed E-state index contributed by atoms with van der Waals surface area (Å²) in [4.78, 5) is 3.81. The van der Waals surface area contributed by atoms with Crippen LogP contribution in [0.1, 0.15) is 24.6 Å². The Balaban J connectivity index is 1.67. The van der Waals surface area contributed by atoms with E-state index >= 15 is 0 Å². The van der Waals surface area contributed by atoms with Crippen molar-refractivity contribution in [2.24, 2.45) is 5.92 Å². The number of nitrogens with zero attached hydrogens (tertiary/aromatic N) is 1. The SMILES string of the molecule is CC(NCCc1ccc(Cl)s1)C1CCN(C)CC1. The quantitative estimate of drug-likeness (QED) is 0.894. The van der Waals surface area contributed by atoms with Gasteiger partial charge in [0.2, 0.25) is 0 Å². The maximum absolute atomic E-state index is 5.93. The van der Waals surface area contributed by atoms with E-state index < -0.39 is 0 Å². The number of piperidine rings is 1. The molecule has 2 heterocycles. The molecule has 0 saturated carbocycles. The van der Waals surface area contributed by atoms with Gasteiger partial charge in [0.25, 0.3) is 0 Å². The van der Waals surface area contributed by atoms with Gasteiger partial charge in [-0.25, -0.2) is 0 Å². The summed E-state index contributed by atoms with van der Waals surface area (Å²) < 4.78 is 0.897. The average molecular weight is 287 g/mol. The maximum Gasteiger partial charge on any atom is 0.0931 e. The fourth-order valence-electron chi connectivity index (χ4n) is 2.60. The lowest BCUT2D eigenvalue weighted by Gasteiger charge is -2.33. The minimum Gasteiger partial charge on any atom is -0.314 e. The molecule has 1 aromatic rings. The highest BCUT2D eigenvalue weighted by Gasteiger charge is 2.21. The Morgan fingerprint density at radius 2 is 2.17 bits per heavy atom. The lowest BCUT2D eigenvalue weighted by Crippen LogP contribution is -2.41. The molecule has 1 aliphatic heterocycles.